The van der Waals surface area contributed by atoms with Gasteiger partial charge in [-0.15, -0.1) is 0 Å². The van der Waals surface area contributed by atoms with Crippen molar-refractivity contribution in [3.05, 3.63) is 18.2 Å². The number of unbranched alkanes of at least 4 members (excludes halogenated alkanes) is 1. The molecule has 0 atom stereocenters. The molecule has 0 aliphatic carbocycles. The number of hydrogen-bond donors (Lipinski definition) is 0. The molecule has 0 N–H and O–H groups in total. The van der Waals surface area contributed by atoms with Crippen LogP contribution in [0.3, 0.4) is 0 Å². The van der Waals surface area contributed by atoms with E-state index in [1.807, 2.05) is 17.0 Å². The minimum Gasteiger partial charge on any atom is -0.486 e. The first-order valence-corrected chi connectivity index (χ1v) is 8.20. The lowest BCUT2D eigenvalue weighted by atomic mass is 10.2. The van der Waals surface area contributed by atoms with Crippen LogP contribution >= 0.6 is 0 Å². The Morgan fingerprint density at radius 3 is 2.55 bits per heavy atom. The number of carbonyl (C=O) groups is 1. The lowest BCUT2D eigenvalue weighted by Gasteiger charge is -2.36. The number of nitrogens with zero attached hydrogens (tertiary/aromatic N) is 2. The van der Waals surface area contributed by atoms with Gasteiger partial charge < -0.3 is 19.3 Å². The molecule has 1 saturated heterocycles. The van der Waals surface area contributed by atoms with Gasteiger partial charge in [-0.2, -0.15) is 0 Å². The van der Waals surface area contributed by atoms with Gasteiger partial charge in [-0.1, -0.05) is 13.3 Å². The Hall–Kier alpha value is -1.91. The molecule has 5 heteroatoms. The Kier molecular flexibility index (Phi) is 4.71. The van der Waals surface area contributed by atoms with E-state index in [2.05, 4.69) is 17.9 Å². The fourth-order valence-corrected chi connectivity index (χ4v) is 2.93. The van der Waals surface area contributed by atoms with Crippen LogP contribution in [-0.4, -0.2) is 50.2 Å². The summed E-state index contributed by atoms with van der Waals surface area (Å²) < 4.78 is 11.2. The van der Waals surface area contributed by atoms with Crippen LogP contribution in [0.5, 0.6) is 11.5 Å². The molecule has 0 spiro atoms. The quantitative estimate of drug-likeness (QED) is 0.856. The predicted octanol–water partition coefficient (Wildman–Crippen LogP) is 2.30. The van der Waals surface area contributed by atoms with Crippen LogP contribution in [0.15, 0.2) is 18.2 Å². The molecule has 0 radical (unpaired) electrons. The Bertz CT molecular complexity index is 525. The van der Waals surface area contributed by atoms with E-state index in [4.69, 9.17) is 9.47 Å². The van der Waals surface area contributed by atoms with Gasteiger partial charge >= 0.3 is 0 Å². The van der Waals surface area contributed by atoms with Crippen molar-refractivity contribution in [1.29, 1.82) is 0 Å². The lowest BCUT2D eigenvalue weighted by molar-refractivity contribution is -0.131. The highest BCUT2D eigenvalue weighted by atomic mass is 16.6. The number of carbonyl (C=O) groups excluding carboxylic acids is 1. The fourth-order valence-electron chi connectivity index (χ4n) is 2.93. The summed E-state index contributed by atoms with van der Waals surface area (Å²) in [5, 5.41) is 0. The van der Waals surface area contributed by atoms with Gasteiger partial charge in [-0.05, 0) is 18.6 Å². The van der Waals surface area contributed by atoms with Crippen molar-refractivity contribution in [2.45, 2.75) is 26.2 Å². The standard InChI is InChI=1S/C17H24N2O3/c1-2-3-4-17(20)19-9-7-18(8-10-19)14-5-6-15-16(13-14)22-12-11-21-15/h5-6,13H,2-4,7-12H2,1H3. The number of hydrogen-bond acceptors (Lipinski definition) is 4. The minimum absolute atomic E-state index is 0.295. The van der Waals surface area contributed by atoms with E-state index in [9.17, 15) is 4.79 Å². The summed E-state index contributed by atoms with van der Waals surface area (Å²) in [5.41, 5.74) is 1.14. The zero-order chi connectivity index (χ0) is 15.4. The summed E-state index contributed by atoms with van der Waals surface area (Å²) in [6.07, 6.45) is 2.74. The van der Waals surface area contributed by atoms with E-state index in [1.54, 1.807) is 0 Å². The first-order chi connectivity index (χ1) is 10.8. The Morgan fingerprint density at radius 2 is 1.82 bits per heavy atom. The van der Waals surface area contributed by atoms with E-state index in [-0.39, 0.29) is 0 Å². The number of amides is 1. The fraction of sp³-hybridized carbons (Fsp3) is 0.588. The molecule has 0 unspecified atom stereocenters. The van der Waals surface area contributed by atoms with Gasteiger partial charge in [0, 0.05) is 44.4 Å². The van der Waals surface area contributed by atoms with Crippen molar-refractivity contribution in [2.24, 2.45) is 0 Å². The van der Waals surface area contributed by atoms with E-state index < -0.39 is 0 Å². The zero-order valence-corrected chi connectivity index (χ0v) is 13.2. The largest absolute Gasteiger partial charge is 0.486 e. The molecule has 0 bridgehead atoms. The normalized spacial score (nSPS) is 17.5. The molecule has 1 amide bonds. The van der Waals surface area contributed by atoms with Crippen molar-refractivity contribution in [2.75, 3.05) is 44.3 Å². The molecule has 22 heavy (non-hydrogen) atoms. The number of piperazine rings is 1. The highest BCUT2D eigenvalue weighted by molar-refractivity contribution is 5.76. The topological polar surface area (TPSA) is 42.0 Å². The highest BCUT2D eigenvalue weighted by Crippen LogP contribution is 2.34. The first-order valence-electron chi connectivity index (χ1n) is 8.20. The van der Waals surface area contributed by atoms with E-state index >= 15 is 0 Å². The molecule has 5 nitrogen and oxygen atoms in total. The third-order valence-electron chi connectivity index (χ3n) is 4.27. The van der Waals surface area contributed by atoms with Crippen LogP contribution < -0.4 is 14.4 Å². The third kappa shape index (κ3) is 3.29. The summed E-state index contributed by atoms with van der Waals surface area (Å²) in [6, 6.07) is 6.09. The second-order valence-electron chi connectivity index (χ2n) is 5.80. The lowest BCUT2D eigenvalue weighted by Crippen LogP contribution is -2.48. The van der Waals surface area contributed by atoms with Crippen molar-refractivity contribution < 1.29 is 14.3 Å². The van der Waals surface area contributed by atoms with Crippen LogP contribution in [0.25, 0.3) is 0 Å². The maximum atomic E-state index is 12.1. The van der Waals surface area contributed by atoms with Crippen LogP contribution in [0, 0.1) is 0 Å². The van der Waals surface area contributed by atoms with E-state index in [1.165, 1.54) is 0 Å². The van der Waals surface area contributed by atoms with Gasteiger partial charge in [-0.25, -0.2) is 0 Å². The summed E-state index contributed by atoms with van der Waals surface area (Å²) in [7, 11) is 0. The first kappa shape index (κ1) is 15.0. The molecule has 1 fully saturated rings. The number of benzene rings is 1. The smallest absolute Gasteiger partial charge is 0.222 e. The molecule has 3 rings (SSSR count). The van der Waals surface area contributed by atoms with E-state index in [0.29, 0.717) is 25.5 Å². The molecular formula is C17H24N2O3. The highest BCUT2D eigenvalue weighted by Gasteiger charge is 2.22. The maximum Gasteiger partial charge on any atom is 0.222 e. The molecule has 1 aromatic rings. The van der Waals surface area contributed by atoms with Crippen molar-refractivity contribution >= 4 is 11.6 Å². The van der Waals surface area contributed by atoms with Gasteiger partial charge in [0.15, 0.2) is 11.5 Å². The van der Waals surface area contributed by atoms with Gasteiger partial charge in [0.2, 0.25) is 5.91 Å². The maximum absolute atomic E-state index is 12.1. The van der Waals surface area contributed by atoms with Crippen LogP contribution in [0.1, 0.15) is 26.2 Å². The predicted molar refractivity (Wildman–Crippen MR) is 85.8 cm³/mol. The van der Waals surface area contributed by atoms with Crippen LogP contribution in [0.4, 0.5) is 5.69 Å². The number of anilines is 1. The SMILES string of the molecule is CCCCC(=O)N1CCN(c2ccc3c(c2)OCCO3)CC1. The summed E-state index contributed by atoms with van der Waals surface area (Å²) in [5.74, 6) is 1.94. The Morgan fingerprint density at radius 1 is 1.09 bits per heavy atom. The zero-order valence-electron chi connectivity index (χ0n) is 13.2. The number of fused-ring (bicyclic) bond motifs is 1. The molecule has 2 aliphatic rings. The van der Waals surface area contributed by atoms with Gasteiger partial charge in [0.05, 0.1) is 0 Å². The summed E-state index contributed by atoms with van der Waals surface area (Å²) in [4.78, 5) is 16.4. The third-order valence-corrected chi connectivity index (χ3v) is 4.27. The van der Waals surface area contributed by atoms with Gasteiger partial charge in [0.25, 0.3) is 0 Å². The molecule has 0 saturated carbocycles. The summed E-state index contributed by atoms with van der Waals surface area (Å²) in [6.45, 7) is 6.69. The molecular weight excluding hydrogens is 280 g/mol. The second-order valence-corrected chi connectivity index (χ2v) is 5.80. The minimum atomic E-state index is 0.295. The molecule has 0 aromatic heterocycles. The number of rotatable bonds is 4. The van der Waals surface area contributed by atoms with E-state index in [0.717, 1.165) is 56.2 Å². The van der Waals surface area contributed by atoms with Crippen molar-refractivity contribution in [3.8, 4) is 11.5 Å². The van der Waals surface area contributed by atoms with Gasteiger partial charge in [-0.3, -0.25) is 4.79 Å². The van der Waals surface area contributed by atoms with Crippen LogP contribution in [0.2, 0.25) is 0 Å². The Balaban J connectivity index is 1.58. The van der Waals surface area contributed by atoms with Crippen molar-refractivity contribution in [1.82, 2.24) is 4.90 Å². The molecule has 120 valence electrons. The number of ether oxygens (including phenoxy) is 2. The van der Waals surface area contributed by atoms with Crippen molar-refractivity contribution in [3.63, 3.8) is 0 Å². The van der Waals surface area contributed by atoms with Crippen LogP contribution in [-0.2, 0) is 4.79 Å². The second kappa shape index (κ2) is 6.90. The molecule has 2 heterocycles. The average Bonchev–Trinajstić information content (AvgIpc) is 2.59. The van der Waals surface area contributed by atoms with Gasteiger partial charge in [0.1, 0.15) is 13.2 Å². The molecule has 2 aliphatic heterocycles. The monoisotopic (exact) mass is 304 g/mol. The molecule has 1 aromatic carbocycles. The average molecular weight is 304 g/mol. The Labute approximate surface area is 131 Å². The summed E-state index contributed by atoms with van der Waals surface area (Å²) >= 11 is 0.